The minimum absolute atomic E-state index is 0.246. The van der Waals surface area contributed by atoms with Crippen LogP contribution in [0.4, 0.5) is 0 Å². The number of esters is 1. The molecule has 0 aromatic heterocycles. The van der Waals surface area contributed by atoms with E-state index in [0.717, 1.165) is 0 Å². The molecule has 0 bridgehead atoms. The third kappa shape index (κ3) is 3.20. The lowest BCUT2D eigenvalue weighted by atomic mass is 9.81. The van der Waals surface area contributed by atoms with Crippen molar-refractivity contribution >= 4 is 11.9 Å². The molecule has 0 heterocycles. The summed E-state index contributed by atoms with van der Waals surface area (Å²) < 4.78 is 10.3. The molecule has 0 fully saturated rings. The van der Waals surface area contributed by atoms with E-state index in [-0.39, 0.29) is 13.2 Å². The molecule has 1 rings (SSSR count). The number of hydrogen-bond donors (Lipinski definition) is 1. The van der Waals surface area contributed by atoms with Gasteiger partial charge in [0.05, 0.1) is 6.61 Å². The van der Waals surface area contributed by atoms with Gasteiger partial charge in [-0.15, -0.1) is 0 Å². The number of allylic oxidation sites excluding steroid dienone is 2. The molecule has 0 amide bonds. The van der Waals surface area contributed by atoms with E-state index >= 15 is 0 Å². The van der Waals surface area contributed by atoms with Crippen LogP contribution < -0.4 is 0 Å². The maximum atomic E-state index is 11.3. The number of carboxylic acid groups (broad SMARTS) is 1. The first-order valence-corrected chi connectivity index (χ1v) is 5.94. The fourth-order valence-electron chi connectivity index (χ4n) is 1.93. The van der Waals surface area contributed by atoms with Crippen LogP contribution in [0.1, 0.15) is 20.3 Å². The number of rotatable bonds is 6. The van der Waals surface area contributed by atoms with E-state index in [1.54, 1.807) is 31.2 Å². The molecule has 1 aliphatic rings. The molecule has 5 nitrogen and oxygen atoms in total. The van der Waals surface area contributed by atoms with Gasteiger partial charge in [0, 0.05) is 0 Å². The predicted octanol–water partition coefficient (Wildman–Crippen LogP) is 1.54. The van der Waals surface area contributed by atoms with Crippen molar-refractivity contribution in [1.29, 1.82) is 0 Å². The third-order valence-electron chi connectivity index (χ3n) is 2.90. The molecule has 0 saturated carbocycles. The molecule has 1 aliphatic carbocycles. The second-order valence-electron chi connectivity index (χ2n) is 3.96. The summed E-state index contributed by atoms with van der Waals surface area (Å²) in [6.07, 6.45) is 7.11. The maximum absolute atomic E-state index is 11.3. The summed E-state index contributed by atoms with van der Waals surface area (Å²) in [5.74, 6) is -2.25. The average molecular weight is 254 g/mol. The molecule has 2 atom stereocenters. The Bertz CT molecular complexity index is 372. The van der Waals surface area contributed by atoms with Crippen molar-refractivity contribution in [2.75, 3.05) is 13.2 Å². The van der Waals surface area contributed by atoms with Gasteiger partial charge in [0.25, 0.3) is 0 Å². The Hall–Kier alpha value is -1.62. The van der Waals surface area contributed by atoms with Crippen molar-refractivity contribution in [2.45, 2.75) is 25.9 Å². The molecule has 100 valence electrons. The van der Waals surface area contributed by atoms with Crippen LogP contribution in [-0.2, 0) is 19.1 Å². The van der Waals surface area contributed by atoms with E-state index in [0.29, 0.717) is 6.42 Å². The number of carbonyl (C=O) groups excluding carboxylic acids is 1. The average Bonchev–Trinajstić information content (AvgIpc) is 2.37. The number of ether oxygens (including phenoxy) is 2. The minimum Gasteiger partial charge on any atom is -0.481 e. The molecule has 0 spiro atoms. The highest BCUT2D eigenvalue weighted by Gasteiger charge is 2.41. The van der Waals surface area contributed by atoms with Gasteiger partial charge in [-0.05, 0) is 13.3 Å². The molecule has 0 saturated heterocycles. The van der Waals surface area contributed by atoms with Crippen molar-refractivity contribution in [1.82, 2.24) is 0 Å². The summed E-state index contributed by atoms with van der Waals surface area (Å²) in [6, 6.07) is 0. The minimum atomic E-state index is -0.979. The van der Waals surface area contributed by atoms with E-state index in [9.17, 15) is 14.7 Å². The van der Waals surface area contributed by atoms with Crippen LogP contribution in [0.25, 0.3) is 0 Å². The Labute approximate surface area is 106 Å². The van der Waals surface area contributed by atoms with Crippen LogP contribution in [0.5, 0.6) is 0 Å². The zero-order valence-corrected chi connectivity index (χ0v) is 10.6. The van der Waals surface area contributed by atoms with E-state index in [4.69, 9.17) is 9.47 Å². The molecule has 0 aromatic rings. The van der Waals surface area contributed by atoms with E-state index in [1.165, 1.54) is 0 Å². The van der Waals surface area contributed by atoms with Crippen molar-refractivity contribution in [3.05, 3.63) is 24.3 Å². The fourth-order valence-corrected chi connectivity index (χ4v) is 1.93. The standard InChI is InChI=1S/C13H18O5/c1-3-13(18-9-11(14)17-4-2)8-6-5-7-10(13)12(15)16/h5-8,10H,3-4,9H2,1-2H3,(H,15,16). The highest BCUT2D eigenvalue weighted by molar-refractivity contribution is 5.75. The normalized spacial score (nSPS) is 26.0. The maximum Gasteiger partial charge on any atom is 0.332 e. The molecular formula is C13H18O5. The summed E-state index contributed by atoms with van der Waals surface area (Å²) in [7, 11) is 0. The van der Waals surface area contributed by atoms with E-state index in [2.05, 4.69) is 0 Å². The summed E-state index contributed by atoms with van der Waals surface area (Å²) in [6.45, 7) is 3.56. The fraction of sp³-hybridized carbons (Fsp3) is 0.538. The second kappa shape index (κ2) is 6.35. The number of carboxylic acids is 1. The van der Waals surface area contributed by atoms with Crippen molar-refractivity contribution in [3.8, 4) is 0 Å². The molecule has 5 heteroatoms. The van der Waals surface area contributed by atoms with Gasteiger partial charge in [-0.3, -0.25) is 4.79 Å². The molecule has 18 heavy (non-hydrogen) atoms. The highest BCUT2D eigenvalue weighted by Crippen LogP contribution is 2.32. The second-order valence-corrected chi connectivity index (χ2v) is 3.96. The van der Waals surface area contributed by atoms with Crippen LogP contribution in [-0.4, -0.2) is 35.9 Å². The monoisotopic (exact) mass is 254 g/mol. The quantitative estimate of drug-likeness (QED) is 0.728. The largest absolute Gasteiger partial charge is 0.481 e. The first kappa shape index (κ1) is 14.4. The van der Waals surface area contributed by atoms with Gasteiger partial charge in [-0.1, -0.05) is 31.2 Å². The van der Waals surface area contributed by atoms with Crippen LogP contribution in [0, 0.1) is 5.92 Å². The molecule has 0 aromatic carbocycles. The molecular weight excluding hydrogens is 236 g/mol. The Morgan fingerprint density at radius 1 is 1.33 bits per heavy atom. The zero-order chi connectivity index (χ0) is 13.6. The number of aliphatic carboxylic acids is 1. The summed E-state index contributed by atoms with van der Waals surface area (Å²) in [5, 5.41) is 9.19. The number of carbonyl (C=O) groups is 2. The molecule has 0 aliphatic heterocycles. The number of hydrogen-bond acceptors (Lipinski definition) is 4. The van der Waals surface area contributed by atoms with Crippen LogP contribution in [0.15, 0.2) is 24.3 Å². The first-order chi connectivity index (χ1) is 8.55. The Balaban J connectivity index is 2.77. The SMILES string of the molecule is CCOC(=O)COC1(CC)C=CC=CC1C(=O)O. The first-order valence-electron chi connectivity index (χ1n) is 5.94. The summed E-state index contributed by atoms with van der Waals surface area (Å²) >= 11 is 0. The van der Waals surface area contributed by atoms with E-state index in [1.807, 2.05) is 6.92 Å². The van der Waals surface area contributed by atoms with Gasteiger partial charge in [-0.2, -0.15) is 0 Å². The van der Waals surface area contributed by atoms with Gasteiger partial charge >= 0.3 is 11.9 Å². The van der Waals surface area contributed by atoms with E-state index < -0.39 is 23.5 Å². The molecule has 1 N–H and O–H groups in total. The smallest absolute Gasteiger partial charge is 0.332 e. The van der Waals surface area contributed by atoms with Gasteiger partial charge in [0.2, 0.25) is 0 Å². The summed E-state index contributed by atoms with van der Waals surface area (Å²) in [4.78, 5) is 22.5. The Morgan fingerprint density at radius 3 is 2.61 bits per heavy atom. The Kier molecular flexibility index (Phi) is 5.09. The molecule has 0 radical (unpaired) electrons. The van der Waals surface area contributed by atoms with Gasteiger partial charge in [0.1, 0.15) is 18.1 Å². The van der Waals surface area contributed by atoms with Gasteiger partial charge < -0.3 is 14.6 Å². The van der Waals surface area contributed by atoms with Crippen molar-refractivity contribution in [3.63, 3.8) is 0 Å². The lowest BCUT2D eigenvalue weighted by Gasteiger charge is -2.35. The van der Waals surface area contributed by atoms with Crippen LogP contribution in [0.2, 0.25) is 0 Å². The third-order valence-corrected chi connectivity index (χ3v) is 2.90. The van der Waals surface area contributed by atoms with Crippen LogP contribution in [0.3, 0.4) is 0 Å². The highest BCUT2D eigenvalue weighted by atomic mass is 16.6. The van der Waals surface area contributed by atoms with Crippen molar-refractivity contribution < 1.29 is 24.2 Å². The zero-order valence-electron chi connectivity index (χ0n) is 10.6. The van der Waals surface area contributed by atoms with Crippen LogP contribution >= 0.6 is 0 Å². The van der Waals surface area contributed by atoms with Gasteiger partial charge in [0.15, 0.2) is 0 Å². The Morgan fingerprint density at radius 2 is 2.06 bits per heavy atom. The lowest BCUT2D eigenvalue weighted by Crippen LogP contribution is -2.44. The molecule has 2 unspecified atom stereocenters. The topological polar surface area (TPSA) is 72.8 Å². The lowest BCUT2D eigenvalue weighted by molar-refractivity contribution is -0.162. The van der Waals surface area contributed by atoms with Gasteiger partial charge in [-0.25, -0.2) is 4.79 Å². The van der Waals surface area contributed by atoms with Crippen molar-refractivity contribution in [2.24, 2.45) is 5.92 Å². The predicted molar refractivity (Wildman–Crippen MR) is 65.0 cm³/mol. The summed E-state index contributed by atoms with van der Waals surface area (Å²) in [5.41, 5.74) is -0.979.